The van der Waals surface area contributed by atoms with Crippen molar-refractivity contribution in [1.82, 2.24) is 9.62 Å². The number of amides is 1. The van der Waals surface area contributed by atoms with E-state index in [9.17, 15) is 13.2 Å². The number of carbonyl (C=O) groups excluding carboxylic acids is 1. The Morgan fingerprint density at radius 2 is 1.80 bits per heavy atom. The number of hydrogen-bond donors (Lipinski definition) is 1. The van der Waals surface area contributed by atoms with Gasteiger partial charge in [-0.25, -0.2) is 8.42 Å². The van der Waals surface area contributed by atoms with Crippen LogP contribution in [0.2, 0.25) is 0 Å². The van der Waals surface area contributed by atoms with Gasteiger partial charge in [-0.2, -0.15) is 4.31 Å². The van der Waals surface area contributed by atoms with Gasteiger partial charge in [0.15, 0.2) is 6.61 Å². The molecule has 1 aliphatic heterocycles. The fraction of sp³-hybridized carbons (Fsp3) is 0.381. The predicted octanol–water partition coefficient (Wildman–Crippen LogP) is 1.97. The summed E-state index contributed by atoms with van der Waals surface area (Å²) in [6, 6.07) is 13.3. The second-order valence-corrected chi connectivity index (χ2v) is 8.75. The summed E-state index contributed by atoms with van der Waals surface area (Å²) in [5.41, 5.74) is 0.867. The van der Waals surface area contributed by atoms with Gasteiger partial charge in [-0.3, -0.25) is 4.79 Å². The van der Waals surface area contributed by atoms with Crippen LogP contribution in [0.3, 0.4) is 0 Å². The van der Waals surface area contributed by atoms with E-state index in [0.717, 1.165) is 5.56 Å². The summed E-state index contributed by atoms with van der Waals surface area (Å²) in [4.78, 5) is 12.4. The smallest absolute Gasteiger partial charge is 0.258 e. The Morgan fingerprint density at radius 1 is 1.13 bits per heavy atom. The lowest BCUT2D eigenvalue weighted by Gasteiger charge is -2.26. The van der Waals surface area contributed by atoms with Crippen LogP contribution in [0.1, 0.15) is 18.5 Å². The molecule has 8 nitrogen and oxygen atoms in total. The zero-order valence-electron chi connectivity index (χ0n) is 17.0. The first-order valence-corrected chi connectivity index (χ1v) is 11.1. The maximum atomic E-state index is 12.6. The summed E-state index contributed by atoms with van der Waals surface area (Å²) < 4.78 is 42.7. The Bertz CT molecular complexity index is 956. The van der Waals surface area contributed by atoms with Crippen LogP contribution in [0.5, 0.6) is 11.5 Å². The maximum absolute atomic E-state index is 12.6. The number of para-hydroxylation sites is 1. The second kappa shape index (κ2) is 9.92. The Balaban J connectivity index is 1.55. The molecule has 1 amide bonds. The second-order valence-electron chi connectivity index (χ2n) is 6.81. The van der Waals surface area contributed by atoms with Crippen molar-refractivity contribution >= 4 is 15.9 Å². The molecular formula is C21H26N2O6S. The zero-order valence-corrected chi connectivity index (χ0v) is 17.9. The van der Waals surface area contributed by atoms with E-state index in [1.165, 1.54) is 16.4 Å². The van der Waals surface area contributed by atoms with Crippen molar-refractivity contribution in [2.75, 3.05) is 40.0 Å². The largest absolute Gasteiger partial charge is 0.496 e. The molecule has 9 heteroatoms. The van der Waals surface area contributed by atoms with Gasteiger partial charge in [0.25, 0.3) is 5.91 Å². The van der Waals surface area contributed by atoms with Crippen LogP contribution >= 0.6 is 0 Å². The number of rotatable bonds is 8. The fourth-order valence-electron chi connectivity index (χ4n) is 3.18. The van der Waals surface area contributed by atoms with Gasteiger partial charge < -0.3 is 19.5 Å². The normalized spacial score (nSPS) is 15.9. The summed E-state index contributed by atoms with van der Waals surface area (Å²) in [6.45, 7) is 3.14. The molecule has 1 atom stereocenters. The Morgan fingerprint density at radius 3 is 2.47 bits per heavy atom. The summed E-state index contributed by atoms with van der Waals surface area (Å²) >= 11 is 0. The van der Waals surface area contributed by atoms with Crippen molar-refractivity contribution in [3.63, 3.8) is 0 Å². The highest BCUT2D eigenvalue weighted by Gasteiger charge is 2.26. The molecule has 30 heavy (non-hydrogen) atoms. The number of ether oxygens (including phenoxy) is 3. The average molecular weight is 435 g/mol. The molecule has 1 saturated heterocycles. The monoisotopic (exact) mass is 434 g/mol. The zero-order chi connectivity index (χ0) is 21.6. The van der Waals surface area contributed by atoms with Gasteiger partial charge in [-0.15, -0.1) is 0 Å². The Hall–Kier alpha value is -2.62. The quantitative estimate of drug-likeness (QED) is 0.683. The highest BCUT2D eigenvalue weighted by molar-refractivity contribution is 7.89. The van der Waals surface area contributed by atoms with Crippen LogP contribution in [0.25, 0.3) is 0 Å². The number of nitrogens with one attached hydrogen (secondary N) is 1. The van der Waals surface area contributed by atoms with Crippen molar-refractivity contribution in [3.8, 4) is 11.5 Å². The van der Waals surface area contributed by atoms with E-state index in [0.29, 0.717) is 37.8 Å². The Kier molecular flexibility index (Phi) is 7.30. The molecule has 0 bridgehead atoms. The molecule has 2 aromatic carbocycles. The molecule has 0 aromatic heterocycles. The van der Waals surface area contributed by atoms with Gasteiger partial charge in [0.05, 0.1) is 31.3 Å². The van der Waals surface area contributed by atoms with E-state index in [-0.39, 0.29) is 23.5 Å². The Labute approximate surface area is 176 Å². The van der Waals surface area contributed by atoms with Crippen LogP contribution < -0.4 is 14.8 Å². The van der Waals surface area contributed by atoms with E-state index in [4.69, 9.17) is 14.2 Å². The molecule has 0 unspecified atom stereocenters. The molecule has 1 aliphatic rings. The fourth-order valence-corrected chi connectivity index (χ4v) is 4.59. The van der Waals surface area contributed by atoms with Gasteiger partial charge in [-0.05, 0) is 37.3 Å². The minimum atomic E-state index is -3.56. The number of benzene rings is 2. The first kappa shape index (κ1) is 22.1. The van der Waals surface area contributed by atoms with Gasteiger partial charge in [-0.1, -0.05) is 18.2 Å². The molecule has 3 rings (SSSR count). The standard InChI is InChI=1S/C21H26N2O6S/c1-16(19-5-3-4-6-20(19)27-2)22-21(24)15-29-17-7-9-18(10-8-17)30(25,26)23-11-13-28-14-12-23/h3-10,16H,11-15H2,1-2H3,(H,22,24)/t16-/m1/s1. The highest BCUT2D eigenvalue weighted by atomic mass is 32.2. The van der Waals surface area contributed by atoms with Crippen molar-refractivity contribution < 1.29 is 27.4 Å². The van der Waals surface area contributed by atoms with Crippen LogP contribution in [-0.4, -0.2) is 58.7 Å². The van der Waals surface area contributed by atoms with E-state index in [1.807, 2.05) is 31.2 Å². The number of hydrogen-bond acceptors (Lipinski definition) is 6. The number of methoxy groups -OCH3 is 1. The SMILES string of the molecule is COc1ccccc1[C@@H](C)NC(=O)COc1ccc(S(=O)(=O)N2CCOCC2)cc1. The van der Waals surface area contributed by atoms with Crippen molar-refractivity contribution in [1.29, 1.82) is 0 Å². The van der Waals surface area contributed by atoms with Crippen LogP contribution in [0, 0.1) is 0 Å². The molecule has 1 fully saturated rings. The molecule has 162 valence electrons. The third-order valence-electron chi connectivity index (χ3n) is 4.78. The molecule has 0 spiro atoms. The third-order valence-corrected chi connectivity index (χ3v) is 6.70. The maximum Gasteiger partial charge on any atom is 0.258 e. The molecule has 0 radical (unpaired) electrons. The van der Waals surface area contributed by atoms with E-state index < -0.39 is 10.0 Å². The first-order valence-electron chi connectivity index (χ1n) is 9.65. The van der Waals surface area contributed by atoms with Gasteiger partial charge >= 0.3 is 0 Å². The molecule has 1 heterocycles. The summed E-state index contributed by atoms with van der Waals surface area (Å²) in [5, 5.41) is 2.86. The minimum Gasteiger partial charge on any atom is -0.496 e. The van der Waals surface area contributed by atoms with Gasteiger partial charge in [0.2, 0.25) is 10.0 Å². The first-order chi connectivity index (χ1) is 14.4. The topological polar surface area (TPSA) is 94.2 Å². The van der Waals surface area contributed by atoms with Crippen molar-refractivity contribution in [2.24, 2.45) is 0 Å². The number of morpholine rings is 1. The lowest BCUT2D eigenvalue weighted by molar-refractivity contribution is -0.123. The predicted molar refractivity (Wildman–Crippen MR) is 111 cm³/mol. The average Bonchev–Trinajstić information content (AvgIpc) is 2.78. The minimum absolute atomic E-state index is 0.185. The lowest BCUT2D eigenvalue weighted by atomic mass is 10.1. The number of carbonyl (C=O) groups is 1. The summed E-state index contributed by atoms with van der Waals surface area (Å²) in [6.07, 6.45) is 0. The summed E-state index contributed by atoms with van der Waals surface area (Å²) in [7, 11) is -1.97. The molecule has 2 aromatic rings. The summed E-state index contributed by atoms with van der Waals surface area (Å²) in [5.74, 6) is 0.817. The number of nitrogens with zero attached hydrogens (tertiary/aromatic N) is 1. The molecular weight excluding hydrogens is 408 g/mol. The molecule has 0 saturated carbocycles. The van der Waals surface area contributed by atoms with Crippen LogP contribution in [0.15, 0.2) is 53.4 Å². The van der Waals surface area contributed by atoms with Crippen molar-refractivity contribution in [2.45, 2.75) is 17.9 Å². The van der Waals surface area contributed by atoms with Gasteiger partial charge in [0.1, 0.15) is 11.5 Å². The highest BCUT2D eigenvalue weighted by Crippen LogP contribution is 2.24. The van der Waals surface area contributed by atoms with Crippen LogP contribution in [-0.2, 0) is 19.6 Å². The third kappa shape index (κ3) is 5.29. The molecule has 1 N–H and O–H groups in total. The van der Waals surface area contributed by atoms with Gasteiger partial charge in [0, 0.05) is 18.7 Å². The molecule has 0 aliphatic carbocycles. The lowest BCUT2D eigenvalue weighted by Crippen LogP contribution is -2.40. The van der Waals surface area contributed by atoms with E-state index >= 15 is 0 Å². The van der Waals surface area contributed by atoms with Crippen molar-refractivity contribution in [3.05, 3.63) is 54.1 Å². The van der Waals surface area contributed by atoms with Crippen LogP contribution in [0.4, 0.5) is 0 Å². The number of sulfonamides is 1. The van der Waals surface area contributed by atoms with E-state index in [1.54, 1.807) is 19.2 Å². The van der Waals surface area contributed by atoms with E-state index in [2.05, 4.69) is 5.32 Å².